The molecule has 0 spiro atoms. The van der Waals surface area contributed by atoms with Crippen LogP contribution in [0.3, 0.4) is 0 Å². The van der Waals surface area contributed by atoms with Crippen molar-refractivity contribution < 1.29 is 14.7 Å². The Bertz CT molecular complexity index is 530. The van der Waals surface area contributed by atoms with Crippen molar-refractivity contribution in [2.75, 3.05) is 0 Å². The van der Waals surface area contributed by atoms with Gasteiger partial charge >= 0.3 is 5.97 Å². The molecule has 1 heterocycles. The highest BCUT2D eigenvalue weighted by molar-refractivity contribution is 5.96. The molecule has 6 heteroatoms. The van der Waals surface area contributed by atoms with Crippen LogP contribution in [0.1, 0.15) is 61.6 Å². The van der Waals surface area contributed by atoms with Crippen LogP contribution in [0.5, 0.6) is 0 Å². The number of carboxylic acids is 1. The molecule has 0 saturated heterocycles. The Balaban J connectivity index is 2.14. The summed E-state index contributed by atoms with van der Waals surface area (Å²) in [5, 5.41) is 16.1. The fourth-order valence-corrected chi connectivity index (χ4v) is 2.71. The van der Waals surface area contributed by atoms with Crippen molar-refractivity contribution in [3.63, 3.8) is 0 Å². The first-order valence-electron chi connectivity index (χ1n) is 6.93. The van der Waals surface area contributed by atoms with Gasteiger partial charge in [0.2, 0.25) is 0 Å². The number of carbonyl (C=O) groups is 2. The van der Waals surface area contributed by atoms with Crippen LogP contribution in [0.15, 0.2) is 6.20 Å². The van der Waals surface area contributed by atoms with E-state index in [1.165, 1.54) is 0 Å². The highest BCUT2D eigenvalue weighted by atomic mass is 16.4. The lowest BCUT2D eigenvalue weighted by molar-refractivity contribution is -0.139. The van der Waals surface area contributed by atoms with E-state index >= 15 is 0 Å². The molecule has 2 rings (SSSR count). The standard InChI is InChI=1S/C14H21N3O3/c1-9(2)17-10(3)11(8-15-17)13(20)16-14(5-4-6-14)7-12(18)19/h8-9H,4-7H2,1-3H3,(H,16,20)(H,18,19). The summed E-state index contributed by atoms with van der Waals surface area (Å²) in [4.78, 5) is 23.3. The third kappa shape index (κ3) is 2.69. The molecule has 1 aromatic heterocycles. The Morgan fingerprint density at radius 2 is 2.15 bits per heavy atom. The monoisotopic (exact) mass is 279 g/mol. The van der Waals surface area contributed by atoms with Gasteiger partial charge in [-0.1, -0.05) is 0 Å². The summed E-state index contributed by atoms with van der Waals surface area (Å²) in [5.74, 6) is -1.10. The number of carbonyl (C=O) groups excluding carboxylic acids is 1. The van der Waals surface area contributed by atoms with Crippen LogP contribution in [0.2, 0.25) is 0 Å². The Kier molecular flexibility index (Phi) is 3.83. The largest absolute Gasteiger partial charge is 0.481 e. The number of nitrogens with zero attached hydrogens (tertiary/aromatic N) is 2. The molecule has 1 aliphatic rings. The molecule has 1 fully saturated rings. The third-order valence-corrected chi connectivity index (χ3v) is 3.96. The molecule has 1 amide bonds. The molecule has 6 nitrogen and oxygen atoms in total. The zero-order valence-corrected chi connectivity index (χ0v) is 12.1. The molecule has 0 radical (unpaired) electrons. The van der Waals surface area contributed by atoms with Gasteiger partial charge < -0.3 is 10.4 Å². The van der Waals surface area contributed by atoms with E-state index in [4.69, 9.17) is 5.11 Å². The molecule has 1 aromatic rings. The van der Waals surface area contributed by atoms with E-state index < -0.39 is 11.5 Å². The predicted octanol–water partition coefficient (Wildman–Crippen LogP) is 1.90. The summed E-state index contributed by atoms with van der Waals surface area (Å²) >= 11 is 0. The molecule has 1 aliphatic carbocycles. The second-order valence-corrected chi connectivity index (χ2v) is 5.84. The van der Waals surface area contributed by atoms with E-state index in [-0.39, 0.29) is 18.4 Å². The van der Waals surface area contributed by atoms with Crippen molar-refractivity contribution in [2.45, 2.75) is 58.0 Å². The van der Waals surface area contributed by atoms with Gasteiger partial charge in [0.15, 0.2) is 0 Å². The number of aliphatic carboxylic acids is 1. The van der Waals surface area contributed by atoms with Crippen LogP contribution in [-0.4, -0.2) is 32.3 Å². The first kappa shape index (κ1) is 14.6. The zero-order valence-electron chi connectivity index (χ0n) is 12.1. The fourth-order valence-electron chi connectivity index (χ4n) is 2.71. The minimum absolute atomic E-state index is 0.0178. The van der Waals surface area contributed by atoms with Gasteiger partial charge in [0.1, 0.15) is 0 Å². The number of nitrogens with one attached hydrogen (secondary N) is 1. The van der Waals surface area contributed by atoms with Gasteiger partial charge in [0.05, 0.1) is 23.7 Å². The number of aromatic nitrogens is 2. The molecule has 0 aliphatic heterocycles. The summed E-state index contributed by atoms with van der Waals surface area (Å²) in [6.45, 7) is 5.85. The summed E-state index contributed by atoms with van der Waals surface area (Å²) in [5.41, 5.74) is 0.757. The molecule has 110 valence electrons. The van der Waals surface area contributed by atoms with Gasteiger partial charge in [-0.2, -0.15) is 5.10 Å². The Morgan fingerprint density at radius 1 is 1.50 bits per heavy atom. The number of rotatable bonds is 5. The summed E-state index contributed by atoms with van der Waals surface area (Å²) in [6, 6.07) is 0.188. The van der Waals surface area contributed by atoms with Crippen molar-refractivity contribution in [3.05, 3.63) is 17.5 Å². The van der Waals surface area contributed by atoms with E-state index in [1.807, 2.05) is 20.8 Å². The van der Waals surface area contributed by atoms with Gasteiger partial charge in [-0.25, -0.2) is 0 Å². The molecular weight excluding hydrogens is 258 g/mol. The lowest BCUT2D eigenvalue weighted by Crippen LogP contribution is -2.54. The number of amides is 1. The number of hydrogen-bond acceptors (Lipinski definition) is 3. The molecule has 2 N–H and O–H groups in total. The second kappa shape index (κ2) is 5.26. The molecule has 0 atom stereocenters. The Hall–Kier alpha value is -1.85. The maximum absolute atomic E-state index is 12.3. The topological polar surface area (TPSA) is 84.2 Å². The minimum Gasteiger partial charge on any atom is -0.481 e. The smallest absolute Gasteiger partial charge is 0.305 e. The maximum atomic E-state index is 12.3. The molecule has 0 unspecified atom stereocenters. The van der Waals surface area contributed by atoms with Gasteiger partial charge in [-0.05, 0) is 40.0 Å². The van der Waals surface area contributed by atoms with Crippen LogP contribution in [0.4, 0.5) is 0 Å². The van der Waals surface area contributed by atoms with Crippen LogP contribution >= 0.6 is 0 Å². The van der Waals surface area contributed by atoms with Gasteiger partial charge in [-0.3, -0.25) is 14.3 Å². The van der Waals surface area contributed by atoms with Crippen molar-refractivity contribution >= 4 is 11.9 Å². The van der Waals surface area contributed by atoms with Crippen molar-refractivity contribution in [2.24, 2.45) is 0 Å². The van der Waals surface area contributed by atoms with Crippen LogP contribution in [0, 0.1) is 6.92 Å². The highest BCUT2D eigenvalue weighted by Gasteiger charge is 2.40. The van der Waals surface area contributed by atoms with E-state index in [0.717, 1.165) is 25.0 Å². The lowest BCUT2D eigenvalue weighted by Gasteiger charge is -2.41. The molecule has 0 aromatic carbocycles. The second-order valence-electron chi connectivity index (χ2n) is 5.84. The minimum atomic E-state index is -0.875. The highest BCUT2D eigenvalue weighted by Crippen LogP contribution is 2.35. The number of carboxylic acid groups (broad SMARTS) is 1. The molecule has 20 heavy (non-hydrogen) atoms. The predicted molar refractivity (Wildman–Crippen MR) is 73.7 cm³/mol. The quantitative estimate of drug-likeness (QED) is 0.862. The lowest BCUT2D eigenvalue weighted by atomic mass is 9.74. The first-order valence-corrected chi connectivity index (χ1v) is 6.93. The third-order valence-electron chi connectivity index (χ3n) is 3.96. The van der Waals surface area contributed by atoms with Gasteiger partial charge in [0, 0.05) is 11.7 Å². The summed E-state index contributed by atoms with van der Waals surface area (Å²) < 4.78 is 1.79. The Labute approximate surface area is 118 Å². The van der Waals surface area contributed by atoms with Crippen LogP contribution in [0.25, 0.3) is 0 Å². The van der Waals surface area contributed by atoms with E-state index in [1.54, 1.807) is 10.9 Å². The maximum Gasteiger partial charge on any atom is 0.305 e. The average molecular weight is 279 g/mol. The fraction of sp³-hybridized carbons (Fsp3) is 0.643. The van der Waals surface area contributed by atoms with Crippen LogP contribution < -0.4 is 5.32 Å². The Morgan fingerprint density at radius 3 is 2.55 bits per heavy atom. The molecule has 1 saturated carbocycles. The zero-order chi connectivity index (χ0) is 14.9. The molecular formula is C14H21N3O3. The molecule has 0 bridgehead atoms. The first-order chi connectivity index (χ1) is 9.34. The van der Waals surface area contributed by atoms with E-state index in [9.17, 15) is 9.59 Å². The van der Waals surface area contributed by atoms with Gasteiger partial charge in [-0.15, -0.1) is 0 Å². The summed E-state index contributed by atoms with van der Waals surface area (Å²) in [6.07, 6.45) is 3.94. The normalized spacial score (nSPS) is 16.8. The van der Waals surface area contributed by atoms with E-state index in [0.29, 0.717) is 5.56 Å². The van der Waals surface area contributed by atoms with Gasteiger partial charge in [0.25, 0.3) is 5.91 Å². The average Bonchev–Trinajstić information content (AvgIpc) is 2.67. The van der Waals surface area contributed by atoms with Crippen molar-refractivity contribution in [1.29, 1.82) is 0 Å². The van der Waals surface area contributed by atoms with Crippen molar-refractivity contribution in [3.8, 4) is 0 Å². The summed E-state index contributed by atoms with van der Waals surface area (Å²) in [7, 11) is 0. The van der Waals surface area contributed by atoms with Crippen molar-refractivity contribution in [1.82, 2.24) is 15.1 Å². The van der Waals surface area contributed by atoms with E-state index in [2.05, 4.69) is 10.4 Å². The SMILES string of the molecule is Cc1c(C(=O)NC2(CC(=O)O)CCC2)cnn1C(C)C. The van der Waals surface area contributed by atoms with Crippen LogP contribution in [-0.2, 0) is 4.79 Å². The number of hydrogen-bond donors (Lipinski definition) is 2.